The maximum atomic E-state index is 10.7. The van der Waals surface area contributed by atoms with Crippen LogP contribution in [0.4, 0.5) is 11.4 Å². The average Bonchev–Trinajstić information content (AvgIpc) is 2.20. The number of methoxy groups -OCH3 is 1. The summed E-state index contributed by atoms with van der Waals surface area (Å²) in [5, 5.41) is 13.7. The average molecular weight is 210 g/mol. The predicted molar refractivity (Wildman–Crippen MR) is 58.2 cm³/mol. The van der Waals surface area contributed by atoms with Crippen LogP contribution in [0.5, 0.6) is 0 Å². The fourth-order valence-electron chi connectivity index (χ4n) is 1.31. The highest BCUT2D eigenvalue weighted by molar-refractivity contribution is 5.65. The second-order valence-corrected chi connectivity index (χ2v) is 3.15. The van der Waals surface area contributed by atoms with E-state index in [0.29, 0.717) is 18.8 Å². The lowest BCUT2D eigenvalue weighted by atomic mass is 10.1. The molecule has 0 spiro atoms. The van der Waals surface area contributed by atoms with Gasteiger partial charge in [-0.15, -0.1) is 0 Å². The van der Waals surface area contributed by atoms with Gasteiger partial charge < -0.3 is 10.1 Å². The third-order valence-electron chi connectivity index (χ3n) is 2.06. The van der Waals surface area contributed by atoms with Gasteiger partial charge in [-0.05, 0) is 12.5 Å². The third-order valence-corrected chi connectivity index (χ3v) is 2.06. The van der Waals surface area contributed by atoms with E-state index in [-0.39, 0.29) is 10.6 Å². The molecule has 0 bridgehead atoms. The number of nitrogens with zero attached hydrogens (tertiary/aromatic N) is 1. The van der Waals surface area contributed by atoms with Gasteiger partial charge in [0, 0.05) is 19.7 Å². The summed E-state index contributed by atoms with van der Waals surface area (Å²) in [7, 11) is 1.59. The molecule has 0 atom stereocenters. The van der Waals surface area contributed by atoms with Gasteiger partial charge in [0.2, 0.25) is 0 Å². The van der Waals surface area contributed by atoms with Crippen LogP contribution in [-0.4, -0.2) is 25.2 Å². The predicted octanol–water partition coefficient (Wildman–Crippen LogP) is 1.96. The summed E-state index contributed by atoms with van der Waals surface area (Å²) in [4.78, 5) is 10.4. The summed E-state index contributed by atoms with van der Waals surface area (Å²) >= 11 is 0. The van der Waals surface area contributed by atoms with Gasteiger partial charge in [-0.2, -0.15) is 0 Å². The van der Waals surface area contributed by atoms with Gasteiger partial charge >= 0.3 is 0 Å². The van der Waals surface area contributed by atoms with Crippen molar-refractivity contribution in [3.05, 3.63) is 33.9 Å². The quantitative estimate of drug-likeness (QED) is 0.458. The lowest BCUT2D eigenvalue weighted by molar-refractivity contribution is -0.384. The Kier molecular flexibility index (Phi) is 4.05. The summed E-state index contributed by atoms with van der Waals surface area (Å²) in [6.45, 7) is 2.91. The van der Waals surface area contributed by atoms with Gasteiger partial charge in [-0.1, -0.05) is 12.1 Å². The molecule has 5 nitrogen and oxygen atoms in total. The minimum Gasteiger partial charge on any atom is -0.383 e. The second kappa shape index (κ2) is 5.31. The van der Waals surface area contributed by atoms with E-state index in [0.717, 1.165) is 5.56 Å². The molecule has 0 saturated heterocycles. The lowest BCUT2D eigenvalue weighted by Crippen LogP contribution is -2.10. The van der Waals surface area contributed by atoms with Crippen molar-refractivity contribution in [3.63, 3.8) is 0 Å². The van der Waals surface area contributed by atoms with Gasteiger partial charge in [0.1, 0.15) is 5.69 Å². The summed E-state index contributed by atoms with van der Waals surface area (Å²) in [6.07, 6.45) is 0. The molecule has 0 aliphatic heterocycles. The van der Waals surface area contributed by atoms with Crippen LogP contribution in [-0.2, 0) is 4.74 Å². The molecule has 0 unspecified atom stereocenters. The fraction of sp³-hybridized carbons (Fsp3) is 0.400. The van der Waals surface area contributed by atoms with Crippen LogP contribution in [0.2, 0.25) is 0 Å². The molecule has 1 N–H and O–H groups in total. The Bertz CT molecular complexity index is 353. The van der Waals surface area contributed by atoms with E-state index in [4.69, 9.17) is 4.74 Å². The molecule has 82 valence electrons. The van der Waals surface area contributed by atoms with Crippen LogP contribution in [0.25, 0.3) is 0 Å². The molecule has 0 radical (unpaired) electrons. The van der Waals surface area contributed by atoms with E-state index in [1.807, 2.05) is 13.0 Å². The van der Waals surface area contributed by atoms with Crippen LogP contribution >= 0.6 is 0 Å². The van der Waals surface area contributed by atoms with E-state index in [1.165, 1.54) is 6.07 Å². The van der Waals surface area contributed by atoms with Crippen molar-refractivity contribution < 1.29 is 9.66 Å². The number of aryl methyl sites for hydroxylation is 1. The van der Waals surface area contributed by atoms with Crippen LogP contribution in [0, 0.1) is 17.0 Å². The van der Waals surface area contributed by atoms with E-state index in [2.05, 4.69) is 5.32 Å². The number of para-hydroxylation sites is 1. The number of nitrogens with one attached hydrogen (secondary N) is 1. The van der Waals surface area contributed by atoms with Gasteiger partial charge in [0.05, 0.1) is 11.5 Å². The Hall–Kier alpha value is -1.62. The Balaban J connectivity index is 2.87. The molecule has 0 aliphatic rings. The highest BCUT2D eigenvalue weighted by Crippen LogP contribution is 2.27. The summed E-state index contributed by atoms with van der Waals surface area (Å²) in [5.74, 6) is 0. The maximum absolute atomic E-state index is 10.7. The smallest absolute Gasteiger partial charge is 0.292 e. The van der Waals surface area contributed by atoms with E-state index in [1.54, 1.807) is 13.2 Å². The molecular weight excluding hydrogens is 196 g/mol. The van der Waals surface area contributed by atoms with E-state index >= 15 is 0 Å². The number of nitro benzene ring substituents is 1. The van der Waals surface area contributed by atoms with E-state index < -0.39 is 0 Å². The SMILES string of the molecule is COCCNc1c(C)cccc1[N+](=O)[O-]. The molecule has 1 aromatic rings. The van der Waals surface area contributed by atoms with Gasteiger partial charge in [0.25, 0.3) is 5.69 Å². The molecule has 5 heteroatoms. The molecule has 1 rings (SSSR count). The first kappa shape index (κ1) is 11.5. The van der Waals surface area contributed by atoms with Crippen molar-refractivity contribution in [1.82, 2.24) is 0 Å². The zero-order valence-electron chi connectivity index (χ0n) is 8.82. The largest absolute Gasteiger partial charge is 0.383 e. The summed E-state index contributed by atoms with van der Waals surface area (Å²) in [5.41, 5.74) is 1.53. The summed E-state index contributed by atoms with van der Waals surface area (Å²) < 4.78 is 4.87. The van der Waals surface area contributed by atoms with Crippen molar-refractivity contribution in [2.24, 2.45) is 0 Å². The molecule has 0 amide bonds. The molecular formula is C10H14N2O3. The Morgan fingerprint density at radius 1 is 1.53 bits per heavy atom. The first-order valence-corrected chi connectivity index (χ1v) is 4.63. The Morgan fingerprint density at radius 3 is 2.87 bits per heavy atom. The number of hydrogen-bond donors (Lipinski definition) is 1. The molecule has 15 heavy (non-hydrogen) atoms. The molecule has 1 aromatic carbocycles. The maximum Gasteiger partial charge on any atom is 0.292 e. The fourth-order valence-corrected chi connectivity index (χ4v) is 1.31. The van der Waals surface area contributed by atoms with Crippen LogP contribution in [0.3, 0.4) is 0 Å². The molecule has 0 saturated carbocycles. The van der Waals surface area contributed by atoms with Crippen molar-refractivity contribution in [2.45, 2.75) is 6.92 Å². The highest BCUT2D eigenvalue weighted by Gasteiger charge is 2.14. The number of nitro groups is 1. The summed E-state index contributed by atoms with van der Waals surface area (Å²) in [6, 6.07) is 5.00. The third kappa shape index (κ3) is 2.92. The topological polar surface area (TPSA) is 64.4 Å². The minimum absolute atomic E-state index is 0.103. The van der Waals surface area contributed by atoms with Crippen molar-refractivity contribution >= 4 is 11.4 Å². The zero-order valence-corrected chi connectivity index (χ0v) is 8.82. The molecule has 0 heterocycles. The van der Waals surface area contributed by atoms with Gasteiger partial charge in [-0.25, -0.2) is 0 Å². The number of benzene rings is 1. The molecule has 0 aromatic heterocycles. The van der Waals surface area contributed by atoms with Crippen molar-refractivity contribution in [1.29, 1.82) is 0 Å². The molecule has 0 aliphatic carbocycles. The van der Waals surface area contributed by atoms with Gasteiger partial charge in [0.15, 0.2) is 0 Å². The van der Waals surface area contributed by atoms with Crippen LogP contribution in [0.1, 0.15) is 5.56 Å². The van der Waals surface area contributed by atoms with Crippen molar-refractivity contribution in [2.75, 3.05) is 25.6 Å². The second-order valence-electron chi connectivity index (χ2n) is 3.15. The minimum atomic E-state index is -0.387. The number of ether oxygens (including phenoxy) is 1. The van der Waals surface area contributed by atoms with Crippen LogP contribution < -0.4 is 5.32 Å². The zero-order chi connectivity index (χ0) is 11.3. The molecule has 0 fully saturated rings. The first-order chi connectivity index (χ1) is 7.16. The highest BCUT2D eigenvalue weighted by atomic mass is 16.6. The Labute approximate surface area is 88.2 Å². The number of anilines is 1. The number of rotatable bonds is 5. The van der Waals surface area contributed by atoms with Crippen LogP contribution in [0.15, 0.2) is 18.2 Å². The Morgan fingerprint density at radius 2 is 2.27 bits per heavy atom. The van der Waals surface area contributed by atoms with Gasteiger partial charge in [-0.3, -0.25) is 10.1 Å². The normalized spacial score (nSPS) is 10.0. The lowest BCUT2D eigenvalue weighted by Gasteiger charge is -2.08. The van der Waals surface area contributed by atoms with Crippen molar-refractivity contribution in [3.8, 4) is 0 Å². The monoisotopic (exact) mass is 210 g/mol. The first-order valence-electron chi connectivity index (χ1n) is 4.63. The number of hydrogen-bond acceptors (Lipinski definition) is 4. The van der Waals surface area contributed by atoms with E-state index in [9.17, 15) is 10.1 Å². The standard InChI is InChI=1S/C10H14N2O3/c1-8-4-3-5-9(12(13)14)10(8)11-6-7-15-2/h3-5,11H,6-7H2,1-2H3.